The van der Waals surface area contributed by atoms with Gasteiger partial charge in [-0.05, 0) is 29.7 Å². The van der Waals surface area contributed by atoms with Gasteiger partial charge in [0.25, 0.3) is 0 Å². The topological polar surface area (TPSA) is 46.3 Å². The normalized spacial score (nSPS) is 19.7. The highest BCUT2D eigenvalue weighted by molar-refractivity contribution is 5.85. The van der Waals surface area contributed by atoms with E-state index >= 15 is 0 Å². The van der Waals surface area contributed by atoms with E-state index in [0.717, 1.165) is 24.3 Å². The number of rotatable bonds is 1. The summed E-state index contributed by atoms with van der Waals surface area (Å²) < 4.78 is 0. The Kier molecular flexibility index (Phi) is 2.56. The number of hydrogen-bond donors (Lipinski definition) is 2. The molecule has 0 unspecified atom stereocenters. The van der Waals surface area contributed by atoms with E-state index < -0.39 is 0 Å². The minimum Gasteiger partial charge on any atom is -0.357 e. The van der Waals surface area contributed by atoms with Crippen LogP contribution in [0.5, 0.6) is 5.75 Å². The molecule has 0 saturated carbocycles. The Labute approximate surface area is 128 Å². The summed E-state index contributed by atoms with van der Waals surface area (Å²) in [6.07, 6.45) is 1.06. The largest absolute Gasteiger partial charge is 0.357 e. The average Bonchev–Trinajstić information content (AvgIpc) is 3.18. The molecular weight excluding hydrogens is 276 g/mol. The minimum atomic E-state index is 0.172. The lowest BCUT2D eigenvalue weighted by atomic mass is 9.93. The van der Waals surface area contributed by atoms with Gasteiger partial charge in [0.05, 0.1) is 6.04 Å². The first kappa shape index (κ1) is 12.3. The zero-order chi connectivity index (χ0) is 14.5. The second-order valence-corrected chi connectivity index (χ2v) is 5.91. The van der Waals surface area contributed by atoms with E-state index in [0.29, 0.717) is 6.61 Å². The number of para-hydroxylation sites is 1. The molecule has 0 saturated heterocycles. The molecule has 2 N–H and O–H groups in total. The van der Waals surface area contributed by atoms with Crippen LogP contribution in [-0.4, -0.2) is 11.5 Å². The van der Waals surface area contributed by atoms with Crippen molar-refractivity contribution in [1.82, 2.24) is 10.3 Å². The summed E-state index contributed by atoms with van der Waals surface area (Å²) in [5.74, 6) is 0.836. The summed E-state index contributed by atoms with van der Waals surface area (Å²) in [6, 6.07) is 15.0. The van der Waals surface area contributed by atoms with Crippen molar-refractivity contribution in [3.05, 3.63) is 64.8 Å². The molecule has 3 aromatic rings. The predicted octanol–water partition coefficient (Wildman–Crippen LogP) is 3.23. The third-order valence-corrected chi connectivity index (χ3v) is 4.65. The molecule has 3 heterocycles. The first-order valence-electron chi connectivity index (χ1n) is 7.65. The molecule has 22 heavy (non-hydrogen) atoms. The van der Waals surface area contributed by atoms with E-state index in [2.05, 4.69) is 52.8 Å². The van der Waals surface area contributed by atoms with Crippen molar-refractivity contribution in [3.63, 3.8) is 0 Å². The number of benzene rings is 2. The third kappa shape index (κ3) is 1.71. The fraction of sp³-hybridized carbons (Fsp3) is 0.222. The molecule has 4 heteroatoms. The molecule has 0 aliphatic carbocycles. The van der Waals surface area contributed by atoms with Crippen LogP contribution in [0.1, 0.15) is 28.4 Å². The highest BCUT2D eigenvalue weighted by Gasteiger charge is 2.26. The first-order chi connectivity index (χ1) is 10.9. The molecule has 1 atom stereocenters. The van der Waals surface area contributed by atoms with E-state index in [1.165, 1.54) is 27.7 Å². The molecule has 0 amide bonds. The van der Waals surface area contributed by atoms with Crippen molar-refractivity contribution in [3.8, 4) is 5.75 Å². The van der Waals surface area contributed by atoms with E-state index in [9.17, 15) is 0 Å². The molecule has 2 aliphatic heterocycles. The van der Waals surface area contributed by atoms with Gasteiger partial charge in [-0.2, -0.15) is 4.89 Å². The van der Waals surface area contributed by atoms with Gasteiger partial charge in [0.1, 0.15) is 6.61 Å². The Morgan fingerprint density at radius 1 is 1.09 bits per heavy atom. The molecule has 1 aromatic heterocycles. The van der Waals surface area contributed by atoms with Crippen LogP contribution in [0.2, 0.25) is 0 Å². The van der Waals surface area contributed by atoms with Gasteiger partial charge in [-0.1, -0.05) is 30.3 Å². The van der Waals surface area contributed by atoms with Gasteiger partial charge in [0.15, 0.2) is 5.75 Å². The summed E-state index contributed by atoms with van der Waals surface area (Å²) in [5.41, 5.74) is 6.22. The summed E-state index contributed by atoms with van der Waals surface area (Å²) in [7, 11) is 0. The first-order valence-corrected chi connectivity index (χ1v) is 7.65. The maximum Gasteiger partial charge on any atom is 0.171 e. The van der Waals surface area contributed by atoms with E-state index in [1.54, 1.807) is 0 Å². The summed E-state index contributed by atoms with van der Waals surface area (Å²) in [4.78, 5) is 13.9. The van der Waals surface area contributed by atoms with E-state index in [1.807, 2.05) is 0 Å². The van der Waals surface area contributed by atoms with Gasteiger partial charge in [-0.25, -0.2) is 0 Å². The van der Waals surface area contributed by atoms with Crippen LogP contribution >= 0.6 is 0 Å². The van der Waals surface area contributed by atoms with Crippen molar-refractivity contribution in [1.29, 1.82) is 0 Å². The summed E-state index contributed by atoms with van der Waals surface area (Å²) >= 11 is 0. The Morgan fingerprint density at radius 3 is 3.05 bits per heavy atom. The molecule has 2 aliphatic rings. The highest BCUT2D eigenvalue weighted by Crippen LogP contribution is 2.36. The number of aromatic nitrogens is 1. The van der Waals surface area contributed by atoms with Crippen LogP contribution < -0.4 is 10.2 Å². The van der Waals surface area contributed by atoms with Gasteiger partial charge >= 0.3 is 0 Å². The number of nitrogens with one attached hydrogen (secondary N) is 2. The lowest BCUT2D eigenvalue weighted by Crippen LogP contribution is -2.30. The Balaban J connectivity index is 1.65. The molecule has 0 fully saturated rings. The highest BCUT2D eigenvalue weighted by atomic mass is 17.2. The van der Waals surface area contributed by atoms with E-state index in [-0.39, 0.29) is 6.04 Å². The number of aromatic amines is 1. The van der Waals surface area contributed by atoms with Gasteiger partial charge in [0.2, 0.25) is 0 Å². The summed E-state index contributed by atoms with van der Waals surface area (Å²) in [5, 5.41) is 4.95. The van der Waals surface area contributed by atoms with Crippen molar-refractivity contribution >= 4 is 10.9 Å². The third-order valence-electron chi connectivity index (χ3n) is 4.65. The quantitative estimate of drug-likeness (QED) is 0.677. The smallest absolute Gasteiger partial charge is 0.171 e. The second kappa shape index (κ2) is 4.60. The maximum atomic E-state index is 5.24. The van der Waals surface area contributed by atoms with Crippen molar-refractivity contribution in [2.45, 2.75) is 19.1 Å². The zero-order valence-electron chi connectivity index (χ0n) is 12.1. The lowest BCUT2D eigenvalue weighted by molar-refractivity contribution is -0.194. The molecular formula is C18H16N2O2. The SMILES string of the molecule is c1ccc2c3c([nH]c2c1)[C@H](c1ccc2c(c1)OOC2)NCC3. The van der Waals surface area contributed by atoms with Crippen LogP contribution in [0.4, 0.5) is 0 Å². The Morgan fingerprint density at radius 2 is 2.05 bits per heavy atom. The number of hydrogen-bond acceptors (Lipinski definition) is 3. The van der Waals surface area contributed by atoms with Crippen LogP contribution in [0.15, 0.2) is 42.5 Å². The van der Waals surface area contributed by atoms with Gasteiger partial charge in [-0.15, -0.1) is 0 Å². The second-order valence-electron chi connectivity index (χ2n) is 5.91. The van der Waals surface area contributed by atoms with Crippen LogP contribution in [0.3, 0.4) is 0 Å². The molecule has 0 spiro atoms. The molecule has 0 radical (unpaired) electrons. The van der Waals surface area contributed by atoms with Crippen molar-refractivity contribution in [2.24, 2.45) is 0 Å². The Bertz CT molecular complexity index is 869. The number of fused-ring (bicyclic) bond motifs is 4. The van der Waals surface area contributed by atoms with Crippen molar-refractivity contribution < 1.29 is 9.78 Å². The van der Waals surface area contributed by atoms with Crippen LogP contribution in [-0.2, 0) is 17.9 Å². The molecule has 4 nitrogen and oxygen atoms in total. The standard InChI is InChI=1S/C18H16N2O2/c1-2-4-15-13(3-1)14-7-8-19-17(18(14)20-15)11-5-6-12-10-21-22-16(12)9-11/h1-6,9,17,19-20H,7-8,10H2/t17-/m0/s1. The lowest BCUT2D eigenvalue weighted by Gasteiger charge is -2.25. The Hall–Kier alpha value is -2.30. The predicted molar refractivity (Wildman–Crippen MR) is 83.7 cm³/mol. The van der Waals surface area contributed by atoms with Gasteiger partial charge in [0, 0.05) is 28.7 Å². The summed E-state index contributed by atoms with van der Waals surface area (Å²) in [6.45, 7) is 1.51. The number of H-pyrrole nitrogens is 1. The van der Waals surface area contributed by atoms with E-state index in [4.69, 9.17) is 9.78 Å². The van der Waals surface area contributed by atoms with Gasteiger partial charge in [-0.3, -0.25) is 0 Å². The van der Waals surface area contributed by atoms with Gasteiger partial charge < -0.3 is 15.2 Å². The molecule has 0 bridgehead atoms. The molecule has 5 rings (SSSR count). The molecule has 110 valence electrons. The van der Waals surface area contributed by atoms with Crippen molar-refractivity contribution in [2.75, 3.05) is 6.54 Å². The van der Waals surface area contributed by atoms with Crippen LogP contribution in [0.25, 0.3) is 10.9 Å². The van der Waals surface area contributed by atoms with Crippen LogP contribution in [0, 0.1) is 0 Å². The minimum absolute atomic E-state index is 0.172. The fourth-order valence-corrected chi connectivity index (χ4v) is 3.57. The zero-order valence-corrected chi connectivity index (χ0v) is 12.1. The fourth-order valence-electron chi connectivity index (χ4n) is 3.57. The molecule has 2 aromatic carbocycles. The monoisotopic (exact) mass is 292 g/mol. The maximum absolute atomic E-state index is 5.24. The average molecular weight is 292 g/mol.